The second kappa shape index (κ2) is 4.82. The van der Waals surface area contributed by atoms with Crippen LogP contribution in [0.2, 0.25) is 16.6 Å². The molecule has 0 aromatic rings. The first-order chi connectivity index (χ1) is 9.30. The van der Waals surface area contributed by atoms with Crippen LogP contribution < -0.4 is 0 Å². The molecule has 0 spiro atoms. The molecular formula is C17H32O2Si. The summed E-state index contributed by atoms with van der Waals surface area (Å²) >= 11 is 0. The van der Waals surface area contributed by atoms with Crippen molar-refractivity contribution in [1.82, 2.24) is 0 Å². The molecule has 0 radical (unpaired) electrons. The van der Waals surface area contributed by atoms with Gasteiger partial charge in [-0.3, -0.25) is 0 Å². The quantitative estimate of drug-likeness (QED) is 0.771. The van der Waals surface area contributed by atoms with E-state index in [4.69, 9.17) is 4.43 Å². The number of aliphatic hydroxyl groups is 1. The highest BCUT2D eigenvalue weighted by Gasteiger charge is 2.67. The van der Waals surface area contributed by atoms with Crippen molar-refractivity contribution in [2.45, 2.75) is 83.2 Å². The Hall–Kier alpha value is 0.137. The third-order valence-electron chi connectivity index (χ3n) is 6.93. The molecule has 4 rings (SSSR count). The third kappa shape index (κ3) is 1.75. The molecule has 0 aromatic carbocycles. The molecule has 4 aliphatic carbocycles. The molecule has 116 valence electrons. The van der Waals surface area contributed by atoms with Crippen LogP contribution >= 0.6 is 0 Å². The standard InChI is InChI=1S/C17H32O2Si/c1-9(2)20(10(3)4,11(5)6)19-17-14-8-12-7-13(14)16(18)15(12)17/h9-18H,7-8H2,1-6H3/t12-,13+,14-,15+,16-,17+/m0/s1. The van der Waals surface area contributed by atoms with Gasteiger partial charge in [0.05, 0.1) is 12.2 Å². The zero-order chi connectivity index (χ0) is 14.8. The van der Waals surface area contributed by atoms with Gasteiger partial charge >= 0.3 is 0 Å². The summed E-state index contributed by atoms with van der Waals surface area (Å²) in [5.74, 6) is 2.47. The first kappa shape index (κ1) is 15.0. The number of rotatable bonds is 5. The molecule has 0 aliphatic heterocycles. The second-order valence-corrected chi connectivity index (χ2v) is 13.9. The van der Waals surface area contributed by atoms with E-state index in [1.165, 1.54) is 12.8 Å². The maximum Gasteiger partial charge on any atom is 0.200 e. The Morgan fingerprint density at radius 3 is 1.75 bits per heavy atom. The summed E-state index contributed by atoms with van der Waals surface area (Å²) in [6.45, 7) is 14.2. The molecular weight excluding hydrogens is 264 g/mol. The van der Waals surface area contributed by atoms with Crippen LogP contribution in [-0.2, 0) is 4.43 Å². The summed E-state index contributed by atoms with van der Waals surface area (Å²) in [5, 5.41) is 10.4. The fourth-order valence-electron chi connectivity index (χ4n) is 6.35. The normalized spacial score (nSPS) is 42.9. The van der Waals surface area contributed by atoms with Gasteiger partial charge in [-0.25, -0.2) is 0 Å². The predicted octanol–water partition coefficient (Wildman–Crippen LogP) is 4.19. The Balaban J connectivity index is 1.85. The van der Waals surface area contributed by atoms with Crippen molar-refractivity contribution in [2.75, 3.05) is 0 Å². The van der Waals surface area contributed by atoms with Crippen molar-refractivity contribution in [3.05, 3.63) is 0 Å². The summed E-state index contributed by atoms with van der Waals surface area (Å²) in [6, 6.07) is 0. The molecule has 0 heterocycles. The molecule has 0 unspecified atom stereocenters. The largest absolute Gasteiger partial charge is 0.412 e. The second-order valence-electron chi connectivity index (χ2n) is 8.53. The van der Waals surface area contributed by atoms with Crippen molar-refractivity contribution in [1.29, 1.82) is 0 Å². The van der Waals surface area contributed by atoms with Gasteiger partial charge in [0.1, 0.15) is 0 Å². The fraction of sp³-hybridized carbons (Fsp3) is 1.00. The monoisotopic (exact) mass is 296 g/mol. The summed E-state index contributed by atoms with van der Waals surface area (Å²) < 4.78 is 7.02. The Morgan fingerprint density at radius 1 is 0.900 bits per heavy atom. The molecule has 6 atom stereocenters. The summed E-state index contributed by atoms with van der Waals surface area (Å²) in [6.07, 6.45) is 2.93. The topological polar surface area (TPSA) is 29.5 Å². The lowest BCUT2D eigenvalue weighted by Gasteiger charge is -2.45. The van der Waals surface area contributed by atoms with E-state index in [2.05, 4.69) is 41.5 Å². The fourth-order valence-corrected chi connectivity index (χ4v) is 12.0. The van der Waals surface area contributed by atoms with Crippen LogP contribution in [0.15, 0.2) is 0 Å². The van der Waals surface area contributed by atoms with Gasteiger partial charge in [-0.15, -0.1) is 0 Å². The zero-order valence-electron chi connectivity index (χ0n) is 14.0. The van der Waals surface area contributed by atoms with Crippen LogP contribution in [-0.4, -0.2) is 25.6 Å². The summed E-state index contributed by atoms with van der Waals surface area (Å²) in [5.41, 5.74) is 1.95. The minimum absolute atomic E-state index is 0.0538. The predicted molar refractivity (Wildman–Crippen MR) is 85.1 cm³/mol. The summed E-state index contributed by atoms with van der Waals surface area (Å²) in [4.78, 5) is 0. The van der Waals surface area contributed by atoms with Crippen LogP contribution in [0.25, 0.3) is 0 Å². The maximum absolute atomic E-state index is 10.4. The highest BCUT2D eigenvalue weighted by atomic mass is 28.4. The molecule has 20 heavy (non-hydrogen) atoms. The van der Waals surface area contributed by atoms with E-state index in [-0.39, 0.29) is 6.10 Å². The molecule has 4 bridgehead atoms. The van der Waals surface area contributed by atoms with Crippen molar-refractivity contribution in [3.63, 3.8) is 0 Å². The lowest BCUT2D eigenvalue weighted by molar-refractivity contribution is 0.0709. The van der Waals surface area contributed by atoms with Gasteiger partial charge in [-0.2, -0.15) is 0 Å². The van der Waals surface area contributed by atoms with Crippen molar-refractivity contribution in [3.8, 4) is 0 Å². The van der Waals surface area contributed by atoms with Crippen molar-refractivity contribution >= 4 is 8.32 Å². The van der Waals surface area contributed by atoms with E-state index in [9.17, 15) is 5.11 Å². The first-order valence-electron chi connectivity index (χ1n) is 8.66. The molecule has 3 heteroatoms. The van der Waals surface area contributed by atoms with E-state index in [0.717, 1.165) is 5.92 Å². The molecule has 0 amide bonds. The number of hydrogen-bond donors (Lipinski definition) is 1. The van der Waals surface area contributed by atoms with Crippen molar-refractivity contribution in [2.24, 2.45) is 23.7 Å². The zero-order valence-corrected chi connectivity index (χ0v) is 15.0. The Labute approximate surface area is 125 Å². The Morgan fingerprint density at radius 2 is 1.40 bits per heavy atom. The molecule has 0 aromatic heterocycles. The smallest absolute Gasteiger partial charge is 0.200 e. The minimum atomic E-state index is -1.79. The van der Waals surface area contributed by atoms with E-state index in [1.807, 2.05) is 0 Å². The van der Waals surface area contributed by atoms with E-state index >= 15 is 0 Å². The van der Waals surface area contributed by atoms with E-state index in [0.29, 0.717) is 40.5 Å². The molecule has 4 fully saturated rings. The highest BCUT2D eigenvalue weighted by molar-refractivity contribution is 6.77. The maximum atomic E-state index is 10.4. The third-order valence-corrected chi connectivity index (χ3v) is 13.0. The van der Waals surface area contributed by atoms with Gasteiger partial charge in [-0.05, 0) is 47.2 Å². The van der Waals surface area contributed by atoms with Crippen LogP contribution in [0.1, 0.15) is 54.4 Å². The van der Waals surface area contributed by atoms with Gasteiger partial charge in [0, 0.05) is 5.92 Å². The van der Waals surface area contributed by atoms with Gasteiger partial charge < -0.3 is 9.53 Å². The van der Waals surface area contributed by atoms with Crippen LogP contribution in [0, 0.1) is 23.7 Å². The van der Waals surface area contributed by atoms with Gasteiger partial charge in [0.25, 0.3) is 0 Å². The average molecular weight is 297 g/mol. The van der Waals surface area contributed by atoms with Crippen LogP contribution in [0.4, 0.5) is 0 Å². The summed E-state index contributed by atoms with van der Waals surface area (Å²) in [7, 11) is -1.79. The lowest BCUT2D eigenvalue weighted by atomic mass is 9.98. The number of aliphatic hydroxyl groups excluding tert-OH is 1. The first-order valence-corrected chi connectivity index (χ1v) is 10.8. The van der Waals surface area contributed by atoms with Gasteiger partial charge in [0.15, 0.2) is 0 Å². The lowest BCUT2D eigenvalue weighted by Crippen LogP contribution is -2.51. The van der Waals surface area contributed by atoms with Crippen molar-refractivity contribution < 1.29 is 9.53 Å². The SMILES string of the molecule is CC(C)[Si](O[C@@H]1[C@H]2C[C@@H]3C[C@H]2[C@H](O)[C@@H]31)(C(C)C)C(C)C. The molecule has 4 aliphatic rings. The molecule has 2 nitrogen and oxygen atoms in total. The number of hydrogen-bond acceptors (Lipinski definition) is 2. The van der Waals surface area contributed by atoms with E-state index in [1.54, 1.807) is 0 Å². The molecule has 1 N–H and O–H groups in total. The average Bonchev–Trinajstić information content (AvgIpc) is 3.02. The highest BCUT2D eigenvalue weighted by Crippen LogP contribution is 2.65. The minimum Gasteiger partial charge on any atom is -0.412 e. The van der Waals surface area contributed by atoms with Crippen LogP contribution in [0.5, 0.6) is 0 Å². The molecule has 0 saturated heterocycles. The van der Waals surface area contributed by atoms with Gasteiger partial charge in [0.2, 0.25) is 8.32 Å². The Kier molecular flexibility index (Phi) is 3.63. The van der Waals surface area contributed by atoms with Gasteiger partial charge in [-0.1, -0.05) is 41.5 Å². The molecule has 4 saturated carbocycles. The Bertz CT molecular complexity index is 355. The van der Waals surface area contributed by atoms with Crippen LogP contribution in [0.3, 0.4) is 0 Å². The van der Waals surface area contributed by atoms with E-state index < -0.39 is 8.32 Å².